The molecule has 0 saturated carbocycles. The molecule has 0 radical (unpaired) electrons. The van der Waals surface area contributed by atoms with Crippen LogP contribution < -0.4 is 11.1 Å². The number of nitrogens with one attached hydrogen (secondary N) is 1. The molecule has 0 bridgehead atoms. The molecule has 2 aromatic heterocycles. The third kappa shape index (κ3) is 3.22. The molecule has 0 unspecified atom stereocenters. The highest BCUT2D eigenvalue weighted by Gasteiger charge is 2.10. The summed E-state index contributed by atoms with van der Waals surface area (Å²) in [6, 6.07) is 7.58. The van der Waals surface area contributed by atoms with Crippen molar-refractivity contribution in [1.29, 1.82) is 0 Å². The maximum absolute atomic E-state index is 12.1. The summed E-state index contributed by atoms with van der Waals surface area (Å²) < 4.78 is 1.07. The van der Waals surface area contributed by atoms with E-state index in [1.165, 1.54) is 11.3 Å². The second-order valence-corrected chi connectivity index (χ2v) is 6.82. The summed E-state index contributed by atoms with van der Waals surface area (Å²) in [7, 11) is 0. The van der Waals surface area contributed by atoms with Gasteiger partial charge in [0.1, 0.15) is 0 Å². The first-order valence-corrected chi connectivity index (χ1v) is 8.30. The van der Waals surface area contributed by atoms with E-state index >= 15 is 0 Å². The van der Waals surface area contributed by atoms with Gasteiger partial charge in [0, 0.05) is 34.4 Å². The van der Waals surface area contributed by atoms with Crippen LogP contribution in [0.2, 0.25) is 0 Å². The average Bonchev–Trinajstić information content (AvgIpc) is 3.04. The third-order valence-corrected chi connectivity index (χ3v) is 5.20. The molecule has 2 heterocycles. The Balaban J connectivity index is 1.63. The largest absolute Gasteiger partial charge is 0.399 e. The Hall–Kier alpha value is -1.92. The zero-order valence-electron chi connectivity index (χ0n) is 11.6. The molecular weight excluding hydrogens is 302 g/mol. The fraction of sp³-hybridized carbons (Fsp3) is 0.200. The molecule has 3 rings (SSSR count). The Bertz CT molecular complexity index is 791. The molecule has 1 aromatic carbocycles. The number of nitrogens with two attached hydrogens (primary N) is 1. The molecule has 0 aliphatic rings. The number of carbonyl (C=O) groups is 1. The average molecular weight is 317 g/mol. The second kappa shape index (κ2) is 5.83. The first-order chi connectivity index (χ1) is 10.1. The summed E-state index contributed by atoms with van der Waals surface area (Å²) in [5, 5.41) is 7.03. The second-order valence-electron chi connectivity index (χ2n) is 4.80. The van der Waals surface area contributed by atoms with E-state index in [1.807, 2.05) is 36.6 Å². The number of hydrogen-bond acceptors (Lipinski definition) is 5. The van der Waals surface area contributed by atoms with Gasteiger partial charge in [-0.1, -0.05) is 0 Å². The fourth-order valence-electron chi connectivity index (χ4n) is 2.06. The van der Waals surface area contributed by atoms with Crippen molar-refractivity contribution in [2.75, 3.05) is 12.3 Å². The minimum Gasteiger partial charge on any atom is -0.399 e. The van der Waals surface area contributed by atoms with Gasteiger partial charge in [0.25, 0.3) is 5.91 Å². The third-order valence-electron chi connectivity index (χ3n) is 3.06. The van der Waals surface area contributed by atoms with Crippen LogP contribution in [0.1, 0.15) is 20.4 Å². The summed E-state index contributed by atoms with van der Waals surface area (Å²) in [5.74, 6) is -0.0388. The van der Waals surface area contributed by atoms with Gasteiger partial charge >= 0.3 is 0 Å². The molecular formula is C15H15N3OS2. The van der Waals surface area contributed by atoms with E-state index in [0.29, 0.717) is 17.1 Å². The summed E-state index contributed by atoms with van der Waals surface area (Å²) in [6.07, 6.45) is 0.766. The summed E-state index contributed by atoms with van der Waals surface area (Å²) in [6.45, 7) is 2.57. The Morgan fingerprint density at radius 2 is 2.24 bits per heavy atom. The number of anilines is 1. The van der Waals surface area contributed by atoms with Crippen molar-refractivity contribution in [2.24, 2.45) is 0 Å². The highest BCUT2D eigenvalue weighted by atomic mass is 32.1. The molecule has 0 saturated heterocycles. The number of aryl methyl sites for hydroxylation is 1. The van der Waals surface area contributed by atoms with E-state index < -0.39 is 0 Å². The number of thiophene rings is 1. The van der Waals surface area contributed by atoms with Gasteiger partial charge in [-0.15, -0.1) is 22.7 Å². The van der Waals surface area contributed by atoms with Crippen LogP contribution in [-0.2, 0) is 6.42 Å². The molecule has 0 aliphatic carbocycles. The molecule has 3 aromatic rings. The van der Waals surface area contributed by atoms with E-state index in [0.717, 1.165) is 27.2 Å². The lowest BCUT2D eigenvalue weighted by Crippen LogP contribution is -2.24. The van der Waals surface area contributed by atoms with Crippen LogP contribution in [0.4, 0.5) is 5.69 Å². The number of hydrogen-bond donors (Lipinski definition) is 2. The molecule has 21 heavy (non-hydrogen) atoms. The van der Waals surface area contributed by atoms with Crippen molar-refractivity contribution in [1.82, 2.24) is 10.3 Å². The number of nitrogens with zero attached hydrogens (tertiary/aromatic N) is 1. The van der Waals surface area contributed by atoms with Crippen LogP contribution in [-0.4, -0.2) is 17.4 Å². The van der Waals surface area contributed by atoms with E-state index in [4.69, 9.17) is 5.73 Å². The van der Waals surface area contributed by atoms with Crippen molar-refractivity contribution < 1.29 is 4.79 Å². The zero-order chi connectivity index (χ0) is 14.8. The van der Waals surface area contributed by atoms with Crippen LogP contribution in [0.3, 0.4) is 0 Å². The van der Waals surface area contributed by atoms with Crippen LogP contribution in [0.15, 0.2) is 29.6 Å². The normalized spacial score (nSPS) is 10.9. The van der Waals surface area contributed by atoms with Gasteiger partial charge in [-0.2, -0.15) is 0 Å². The van der Waals surface area contributed by atoms with Crippen LogP contribution >= 0.6 is 22.7 Å². The Morgan fingerprint density at radius 1 is 1.38 bits per heavy atom. The topological polar surface area (TPSA) is 68.0 Å². The molecule has 0 aliphatic heterocycles. The number of thiazole rings is 1. The Morgan fingerprint density at radius 3 is 3.00 bits per heavy atom. The lowest BCUT2D eigenvalue weighted by atomic mass is 10.2. The van der Waals surface area contributed by atoms with Gasteiger partial charge in [0.05, 0.1) is 9.88 Å². The van der Waals surface area contributed by atoms with Crippen molar-refractivity contribution in [3.8, 4) is 0 Å². The number of carbonyl (C=O) groups excluding carboxylic acids is 1. The molecule has 0 spiro atoms. The number of rotatable bonds is 4. The van der Waals surface area contributed by atoms with Gasteiger partial charge in [0.15, 0.2) is 0 Å². The number of benzene rings is 1. The number of aromatic nitrogens is 1. The summed E-state index contributed by atoms with van der Waals surface area (Å²) >= 11 is 3.11. The summed E-state index contributed by atoms with van der Waals surface area (Å²) in [5.41, 5.74) is 7.50. The maximum Gasteiger partial charge on any atom is 0.261 e. The van der Waals surface area contributed by atoms with Crippen molar-refractivity contribution >= 4 is 44.4 Å². The molecule has 6 heteroatoms. The molecule has 0 fully saturated rings. The van der Waals surface area contributed by atoms with Gasteiger partial charge in [0.2, 0.25) is 0 Å². The van der Waals surface area contributed by atoms with Gasteiger partial charge in [-0.05, 0) is 36.6 Å². The molecule has 108 valence electrons. The zero-order valence-corrected chi connectivity index (χ0v) is 13.2. The summed E-state index contributed by atoms with van der Waals surface area (Å²) in [4.78, 5) is 17.2. The SMILES string of the molecule is Cc1csc(CCNC(=O)c2cc3cc(N)ccc3s2)n1. The molecule has 0 atom stereocenters. The predicted octanol–water partition coefficient (Wildman–Crippen LogP) is 3.22. The number of fused-ring (bicyclic) bond motifs is 1. The lowest BCUT2D eigenvalue weighted by Gasteiger charge is -2.01. The van der Waals surface area contributed by atoms with Crippen LogP contribution in [0, 0.1) is 6.92 Å². The van der Waals surface area contributed by atoms with Crippen LogP contribution in [0.25, 0.3) is 10.1 Å². The lowest BCUT2D eigenvalue weighted by molar-refractivity contribution is 0.0958. The molecule has 4 nitrogen and oxygen atoms in total. The molecule has 1 amide bonds. The maximum atomic E-state index is 12.1. The quantitative estimate of drug-likeness (QED) is 0.726. The minimum absolute atomic E-state index is 0.0388. The van der Waals surface area contributed by atoms with Crippen molar-refractivity contribution in [2.45, 2.75) is 13.3 Å². The fourth-order valence-corrected chi connectivity index (χ4v) is 3.80. The minimum atomic E-state index is -0.0388. The van der Waals surface area contributed by atoms with E-state index in [2.05, 4.69) is 10.3 Å². The first kappa shape index (κ1) is 14.0. The highest BCUT2D eigenvalue weighted by Crippen LogP contribution is 2.27. The highest BCUT2D eigenvalue weighted by molar-refractivity contribution is 7.20. The standard InChI is InChI=1S/C15H15N3OS2/c1-9-8-20-14(18-9)4-5-17-15(19)13-7-10-6-11(16)2-3-12(10)21-13/h2-3,6-8H,4-5,16H2,1H3,(H,17,19). The smallest absolute Gasteiger partial charge is 0.261 e. The molecule has 3 N–H and O–H groups in total. The first-order valence-electron chi connectivity index (χ1n) is 6.60. The van der Waals surface area contributed by atoms with Gasteiger partial charge < -0.3 is 11.1 Å². The van der Waals surface area contributed by atoms with E-state index in [9.17, 15) is 4.79 Å². The van der Waals surface area contributed by atoms with Gasteiger partial charge in [-0.25, -0.2) is 4.98 Å². The van der Waals surface area contributed by atoms with Crippen molar-refractivity contribution in [3.63, 3.8) is 0 Å². The number of nitrogen functional groups attached to an aromatic ring is 1. The van der Waals surface area contributed by atoms with Crippen LogP contribution in [0.5, 0.6) is 0 Å². The monoisotopic (exact) mass is 317 g/mol. The van der Waals surface area contributed by atoms with E-state index in [1.54, 1.807) is 11.3 Å². The Kier molecular flexibility index (Phi) is 3.90. The predicted molar refractivity (Wildman–Crippen MR) is 89.1 cm³/mol. The van der Waals surface area contributed by atoms with E-state index in [-0.39, 0.29) is 5.91 Å². The van der Waals surface area contributed by atoms with Crippen molar-refractivity contribution in [3.05, 3.63) is 45.2 Å². The number of amides is 1. The Labute approximate surface area is 130 Å². The van der Waals surface area contributed by atoms with Gasteiger partial charge in [-0.3, -0.25) is 4.79 Å².